The van der Waals surface area contributed by atoms with E-state index in [4.69, 9.17) is 9.47 Å². The quantitative estimate of drug-likeness (QED) is 0.587. The van der Waals surface area contributed by atoms with E-state index in [-0.39, 0.29) is 11.2 Å². The van der Waals surface area contributed by atoms with Gasteiger partial charge in [0.1, 0.15) is 0 Å². The molecule has 0 saturated carbocycles. The highest BCUT2D eigenvalue weighted by atomic mass is 32.2. The summed E-state index contributed by atoms with van der Waals surface area (Å²) in [7, 11) is 3.12. The molecule has 8 heteroatoms. The lowest BCUT2D eigenvalue weighted by atomic mass is 10.1. The molecule has 146 valence electrons. The lowest BCUT2D eigenvalue weighted by Crippen LogP contribution is -2.22. The first kappa shape index (κ1) is 19.8. The Morgan fingerprint density at radius 3 is 2.50 bits per heavy atom. The number of hydrogen-bond donors (Lipinski definition) is 2. The molecule has 0 unspecified atom stereocenters. The Balaban J connectivity index is 1.64. The SMILES string of the molecule is COc1ccc(NC(=O)[C@H](C)Sc2n[nH]c(-c3ccc(C)cc3)n2)cc1OC. The van der Waals surface area contributed by atoms with Crippen LogP contribution in [0.15, 0.2) is 47.6 Å². The summed E-state index contributed by atoms with van der Waals surface area (Å²) in [5.74, 6) is 1.68. The first-order valence-electron chi connectivity index (χ1n) is 8.69. The van der Waals surface area contributed by atoms with Gasteiger partial charge in [0.05, 0.1) is 19.5 Å². The van der Waals surface area contributed by atoms with Crippen LogP contribution in [0.2, 0.25) is 0 Å². The van der Waals surface area contributed by atoms with Crippen molar-refractivity contribution in [2.75, 3.05) is 19.5 Å². The van der Waals surface area contributed by atoms with Gasteiger partial charge in [-0.2, -0.15) is 0 Å². The van der Waals surface area contributed by atoms with Crippen molar-refractivity contribution >= 4 is 23.4 Å². The Morgan fingerprint density at radius 1 is 1.11 bits per heavy atom. The van der Waals surface area contributed by atoms with Gasteiger partial charge in [-0.15, -0.1) is 5.10 Å². The smallest absolute Gasteiger partial charge is 0.237 e. The van der Waals surface area contributed by atoms with Crippen molar-refractivity contribution in [2.24, 2.45) is 0 Å². The molecule has 2 N–H and O–H groups in total. The number of rotatable bonds is 7. The molecule has 2 aromatic carbocycles. The van der Waals surface area contributed by atoms with Crippen LogP contribution >= 0.6 is 11.8 Å². The van der Waals surface area contributed by atoms with Gasteiger partial charge in [-0.05, 0) is 26.0 Å². The number of nitrogens with one attached hydrogen (secondary N) is 2. The fourth-order valence-electron chi connectivity index (χ4n) is 2.51. The summed E-state index contributed by atoms with van der Waals surface area (Å²) in [6.45, 7) is 3.84. The Labute approximate surface area is 167 Å². The molecule has 1 amide bonds. The van der Waals surface area contributed by atoms with Crippen LogP contribution < -0.4 is 14.8 Å². The van der Waals surface area contributed by atoms with Crippen LogP contribution in [-0.2, 0) is 4.79 Å². The van der Waals surface area contributed by atoms with Crippen LogP contribution in [0.25, 0.3) is 11.4 Å². The number of thioether (sulfide) groups is 1. The Bertz CT molecular complexity index is 956. The monoisotopic (exact) mass is 398 g/mol. The van der Waals surface area contributed by atoms with Crippen LogP contribution in [0, 0.1) is 6.92 Å². The molecule has 1 heterocycles. The van der Waals surface area contributed by atoms with Gasteiger partial charge in [-0.25, -0.2) is 4.98 Å². The number of ether oxygens (including phenoxy) is 2. The number of carbonyl (C=O) groups excluding carboxylic acids is 1. The van der Waals surface area contributed by atoms with Gasteiger partial charge in [0.25, 0.3) is 0 Å². The number of benzene rings is 2. The van der Waals surface area contributed by atoms with E-state index in [1.54, 1.807) is 32.4 Å². The summed E-state index contributed by atoms with van der Waals surface area (Å²) < 4.78 is 10.5. The minimum atomic E-state index is -0.380. The van der Waals surface area contributed by atoms with Crippen LogP contribution in [-0.4, -0.2) is 40.6 Å². The fraction of sp³-hybridized carbons (Fsp3) is 0.250. The van der Waals surface area contributed by atoms with Gasteiger partial charge in [-0.1, -0.05) is 41.6 Å². The molecule has 1 aromatic heterocycles. The minimum absolute atomic E-state index is 0.154. The zero-order chi connectivity index (χ0) is 20.1. The third-order valence-corrected chi connectivity index (χ3v) is 5.05. The third kappa shape index (κ3) is 4.64. The second-order valence-corrected chi connectivity index (χ2v) is 7.46. The first-order valence-corrected chi connectivity index (χ1v) is 9.57. The highest BCUT2D eigenvalue weighted by molar-refractivity contribution is 8.00. The van der Waals surface area contributed by atoms with Crippen molar-refractivity contribution in [3.63, 3.8) is 0 Å². The van der Waals surface area contributed by atoms with Crippen molar-refractivity contribution in [3.05, 3.63) is 48.0 Å². The van der Waals surface area contributed by atoms with E-state index >= 15 is 0 Å². The molecule has 3 rings (SSSR count). The lowest BCUT2D eigenvalue weighted by Gasteiger charge is -2.12. The molecule has 0 aliphatic carbocycles. The molecule has 0 saturated heterocycles. The number of H-pyrrole nitrogens is 1. The van der Waals surface area contributed by atoms with E-state index in [1.807, 2.05) is 38.1 Å². The lowest BCUT2D eigenvalue weighted by molar-refractivity contribution is -0.115. The molecule has 28 heavy (non-hydrogen) atoms. The standard InChI is InChI=1S/C20H22N4O3S/c1-12-5-7-14(8-6-12)18-22-20(24-23-18)28-13(2)19(25)21-15-9-10-16(26-3)17(11-15)27-4/h5-11,13H,1-4H3,(H,21,25)(H,22,23,24)/t13-/m0/s1. The van der Waals surface area contributed by atoms with E-state index in [1.165, 1.54) is 17.3 Å². The molecule has 0 aliphatic heterocycles. The molecule has 1 atom stereocenters. The van der Waals surface area contributed by atoms with E-state index in [9.17, 15) is 4.79 Å². The summed E-state index contributed by atoms with van der Waals surface area (Å²) in [5, 5.41) is 10.1. The van der Waals surface area contributed by atoms with Crippen molar-refractivity contribution < 1.29 is 14.3 Å². The van der Waals surface area contributed by atoms with Gasteiger partial charge in [0.2, 0.25) is 11.1 Å². The largest absolute Gasteiger partial charge is 0.493 e. The predicted octanol–water partition coefficient (Wildman–Crippen LogP) is 3.92. The number of aryl methyl sites for hydroxylation is 1. The Hall–Kier alpha value is -3.00. The molecule has 0 aliphatic rings. The molecular weight excluding hydrogens is 376 g/mol. The second-order valence-electron chi connectivity index (χ2n) is 6.15. The average Bonchev–Trinajstić information content (AvgIpc) is 3.16. The molecule has 0 spiro atoms. The van der Waals surface area contributed by atoms with Gasteiger partial charge in [-0.3, -0.25) is 9.89 Å². The Morgan fingerprint density at radius 2 is 1.82 bits per heavy atom. The topological polar surface area (TPSA) is 89.1 Å². The van der Waals surface area contributed by atoms with E-state index in [2.05, 4.69) is 20.5 Å². The van der Waals surface area contributed by atoms with Crippen LogP contribution in [0.1, 0.15) is 12.5 Å². The molecule has 7 nitrogen and oxygen atoms in total. The number of aromatic nitrogens is 3. The maximum atomic E-state index is 12.5. The highest BCUT2D eigenvalue weighted by Crippen LogP contribution is 2.30. The predicted molar refractivity (Wildman–Crippen MR) is 110 cm³/mol. The minimum Gasteiger partial charge on any atom is -0.493 e. The second kappa shape index (κ2) is 8.79. The molecule has 0 fully saturated rings. The molecular formula is C20H22N4O3S. The van der Waals surface area contributed by atoms with Gasteiger partial charge in [0.15, 0.2) is 17.3 Å². The maximum absolute atomic E-state index is 12.5. The normalized spacial score (nSPS) is 11.7. The number of carbonyl (C=O) groups is 1. The summed E-state index contributed by atoms with van der Waals surface area (Å²) >= 11 is 1.29. The first-order chi connectivity index (χ1) is 13.5. The third-order valence-electron chi connectivity index (χ3n) is 4.09. The number of aromatic amines is 1. The van der Waals surface area contributed by atoms with Crippen molar-refractivity contribution in [3.8, 4) is 22.9 Å². The van der Waals surface area contributed by atoms with Gasteiger partial charge < -0.3 is 14.8 Å². The van der Waals surface area contributed by atoms with Crippen LogP contribution in [0.4, 0.5) is 5.69 Å². The van der Waals surface area contributed by atoms with Gasteiger partial charge in [0, 0.05) is 17.3 Å². The Kier molecular flexibility index (Phi) is 6.20. The van der Waals surface area contributed by atoms with Crippen LogP contribution in [0.3, 0.4) is 0 Å². The average molecular weight is 398 g/mol. The summed E-state index contributed by atoms with van der Waals surface area (Å²) in [6.07, 6.45) is 0. The van der Waals surface area contributed by atoms with Crippen molar-refractivity contribution in [1.82, 2.24) is 15.2 Å². The highest BCUT2D eigenvalue weighted by Gasteiger charge is 2.18. The zero-order valence-electron chi connectivity index (χ0n) is 16.1. The zero-order valence-corrected chi connectivity index (χ0v) is 17.0. The van der Waals surface area contributed by atoms with E-state index in [0.717, 1.165) is 5.56 Å². The van der Waals surface area contributed by atoms with Gasteiger partial charge >= 0.3 is 0 Å². The number of nitrogens with zero attached hydrogens (tertiary/aromatic N) is 2. The van der Waals surface area contributed by atoms with Crippen molar-refractivity contribution in [2.45, 2.75) is 24.3 Å². The number of anilines is 1. The summed E-state index contributed by atoms with van der Waals surface area (Å²) in [4.78, 5) is 17.0. The van der Waals surface area contributed by atoms with Crippen molar-refractivity contribution in [1.29, 1.82) is 0 Å². The van der Waals surface area contributed by atoms with E-state index < -0.39 is 0 Å². The molecule has 0 radical (unpaired) electrons. The molecule has 0 bridgehead atoms. The summed E-state index contributed by atoms with van der Waals surface area (Å²) in [5.41, 5.74) is 2.76. The number of hydrogen-bond acceptors (Lipinski definition) is 6. The number of methoxy groups -OCH3 is 2. The van der Waals surface area contributed by atoms with Crippen LogP contribution in [0.5, 0.6) is 11.5 Å². The summed E-state index contributed by atoms with van der Waals surface area (Å²) in [6, 6.07) is 13.2. The fourth-order valence-corrected chi connectivity index (χ4v) is 3.23. The number of amides is 1. The molecule has 3 aromatic rings. The maximum Gasteiger partial charge on any atom is 0.237 e. The van der Waals surface area contributed by atoms with E-state index in [0.29, 0.717) is 28.2 Å².